The highest BCUT2D eigenvalue weighted by Crippen LogP contribution is 2.20. The van der Waals surface area contributed by atoms with Gasteiger partial charge in [0, 0.05) is 5.56 Å². The van der Waals surface area contributed by atoms with E-state index in [1.165, 1.54) is 6.21 Å². The minimum atomic E-state index is -0.379. The maximum Gasteiger partial charge on any atom is 0.277 e. The SMILES string of the molecule is COc1cccc(COc2ccccc2/C=N\NC(=O)COc2ccc(OCc3ccccc3)cc2)c1. The summed E-state index contributed by atoms with van der Waals surface area (Å²) in [5, 5.41) is 4.04. The van der Waals surface area contributed by atoms with Crippen LogP contribution >= 0.6 is 0 Å². The summed E-state index contributed by atoms with van der Waals surface area (Å²) in [7, 11) is 1.63. The molecule has 0 bridgehead atoms. The number of amides is 1. The number of carbonyl (C=O) groups is 1. The molecule has 1 N–H and O–H groups in total. The minimum Gasteiger partial charge on any atom is -0.497 e. The molecule has 0 atom stereocenters. The van der Waals surface area contributed by atoms with E-state index < -0.39 is 0 Å². The van der Waals surface area contributed by atoms with Crippen molar-refractivity contribution in [2.75, 3.05) is 13.7 Å². The smallest absolute Gasteiger partial charge is 0.277 e. The first-order valence-electron chi connectivity index (χ1n) is 11.8. The highest BCUT2D eigenvalue weighted by molar-refractivity contribution is 5.85. The first kappa shape index (κ1) is 25.3. The molecule has 0 unspecified atom stereocenters. The van der Waals surface area contributed by atoms with Crippen LogP contribution in [0.25, 0.3) is 0 Å². The van der Waals surface area contributed by atoms with Crippen molar-refractivity contribution in [1.82, 2.24) is 5.43 Å². The molecule has 0 heterocycles. The first-order chi connectivity index (χ1) is 18.2. The van der Waals surface area contributed by atoms with Crippen molar-refractivity contribution in [3.05, 3.63) is 120 Å². The fourth-order valence-corrected chi connectivity index (χ4v) is 3.37. The van der Waals surface area contributed by atoms with Crippen LogP contribution in [0.1, 0.15) is 16.7 Å². The Balaban J connectivity index is 1.22. The Morgan fingerprint density at radius 3 is 2.19 bits per heavy atom. The number of nitrogens with one attached hydrogen (secondary N) is 1. The molecule has 0 aliphatic rings. The van der Waals surface area contributed by atoms with Crippen LogP contribution in [-0.4, -0.2) is 25.8 Å². The zero-order valence-electron chi connectivity index (χ0n) is 20.5. The van der Waals surface area contributed by atoms with Gasteiger partial charge in [-0.25, -0.2) is 5.43 Å². The van der Waals surface area contributed by atoms with E-state index >= 15 is 0 Å². The Kier molecular flexibility index (Phi) is 9.13. The number of hydrogen-bond donors (Lipinski definition) is 1. The quantitative estimate of drug-likeness (QED) is 0.210. The summed E-state index contributed by atoms with van der Waals surface area (Å²) < 4.78 is 22.5. The molecule has 4 aromatic rings. The molecule has 0 spiro atoms. The van der Waals surface area contributed by atoms with Crippen LogP contribution in [-0.2, 0) is 18.0 Å². The highest BCUT2D eigenvalue weighted by Gasteiger charge is 2.05. The lowest BCUT2D eigenvalue weighted by atomic mass is 10.2. The topological polar surface area (TPSA) is 78.4 Å². The van der Waals surface area contributed by atoms with E-state index in [1.54, 1.807) is 31.4 Å². The molecular weight excluding hydrogens is 468 g/mol. The number of nitrogens with zero attached hydrogens (tertiary/aromatic N) is 1. The van der Waals surface area contributed by atoms with Gasteiger partial charge in [0.1, 0.15) is 36.2 Å². The third kappa shape index (κ3) is 8.14. The van der Waals surface area contributed by atoms with Gasteiger partial charge in [0.15, 0.2) is 6.61 Å². The molecule has 0 aliphatic heterocycles. The summed E-state index contributed by atoms with van der Waals surface area (Å²) in [6, 6.07) is 32.2. The van der Waals surface area contributed by atoms with E-state index in [0.29, 0.717) is 24.7 Å². The average molecular weight is 497 g/mol. The largest absolute Gasteiger partial charge is 0.497 e. The Morgan fingerprint density at radius 1 is 0.730 bits per heavy atom. The fraction of sp³-hybridized carbons (Fsp3) is 0.133. The lowest BCUT2D eigenvalue weighted by Crippen LogP contribution is -2.24. The van der Waals surface area contributed by atoms with Crippen LogP contribution in [0.3, 0.4) is 0 Å². The normalized spacial score (nSPS) is 10.6. The van der Waals surface area contributed by atoms with Crippen molar-refractivity contribution >= 4 is 12.1 Å². The second kappa shape index (κ2) is 13.3. The van der Waals surface area contributed by atoms with E-state index in [0.717, 1.165) is 28.2 Å². The third-order valence-corrected chi connectivity index (χ3v) is 5.28. The van der Waals surface area contributed by atoms with Crippen LogP contribution in [0.4, 0.5) is 0 Å². The zero-order valence-corrected chi connectivity index (χ0v) is 20.5. The molecule has 1 amide bonds. The summed E-state index contributed by atoms with van der Waals surface area (Å²) in [4.78, 5) is 12.2. The second-order valence-corrected chi connectivity index (χ2v) is 8.01. The lowest BCUT2D eigenvalue weighted by molar-refractivity contribution is -0.123. The summed E-state index contributed by atoms with van der Waals surface area (Å²) >= 11 is 0. The molecular formula is C30H28N2O5. The molecule has 0 saturated heterocycles. The second-order valence-electron chi connectivity index (χ2n) is 8.01. The number of hydrazone groups is 1. The van der Waals surface area contributed by atoms with E-state index in [2.05, 4.69) is 10.5 Å². The van der Waals surface area contributed by atoms with Crippen molar-refractivity contribution in [2.45, 2.75) is 13.2 Å². The van der Waals surface area contributed by atoms with Crippen molar-refractivity contribution < 1.29 is 23.7 Å². The lowest BCUT2D eigenvalue weighted by Gasteiger charge is -2.10. The molecule has 4 rings (SSSR count). The van der Waals surface area contributed by atoms with Gasteiger partial charge in [-0.1, -0.05) is 54.6 Å². The summed E-state index contributed by atoms with van der Waals surface area (Å²) in [6.07, 6.45) is 1.54. The number of methoxy groups -OCH3 is 1. The van der Waals surface area contributed by atoms with Crippen molar-refractivity contribution in [1.29, 1.82) is 0 Å². The predicted octanol–water partition coefficient (Wildman–Crippen LogP) is 5.38. The van der Waals surface area contributed by atoms with Crippen molar-refractivity contribution in [3.63, 3.8) is 0 Å². The highest BCUT2D eigenvalue weighted by atomic mass is 16.5. The summed E-state index contributed by atoms with van der Waals surface area (Å²) in [5.41, 5.74) is 5.28. The van der Waals surface area contributed by atoms with Gasteiger partial charge in [-0.15, -0.1) is 0 Å². The van der Waals surface area contributed by atoms with E-state index in [-0.39, 0.29) is 12.5 Å². The monoisotopic (exact) mass is 496 g/mol. The molecule has 0 fully saturated rings. The Morgan fingerprint density at radius 2 is 1.41 bits per heavy atom. The van der Waals surface area contributed by atoms with Gasteiger partial charge >= 0.3 is 0 Å². The van der Waals surface area contributed by atoms with Crippen LogP contribution in [0.2, 0.25) is 0 Å². The van der Waals surface area contributed by atoms with Crippen LogP contribution in [0, 0.1) is 0 Å². The number of benzene rings is 4. The number of hydrogen-bond acceptors (Lipinski definition) is 6. The molecule has 0 saturated carbocycles. The van der Waals surface area contributed by atoms with Gasteiger partial charge in [0.25, 0.3) is 5.91 Å². The maximum atomic E-state index is 12.2. The molecule has 7 heteroatoms. The standard InChI is InChI=1S/C30H28N2O5/c1-34-28-12-7-10-24(18-28)21-37-29-13-6-5-11-25(29)19-31-32-30(33)22-36-27-16-14-26(15-17-27)35-20-23-8-3-2-4-9-23/h2-19H,20-22H2,1H3,(H,32,33)/b31-19-. The Bertz CT molecular complexity index is 1310. The van der Waals surface area contributed by atoms with Gasteiger partial charge < -0.3 is 18.9 Å². The zero-order chi connectivity index (χ0) is 25.7. The molecule has 0 aliphatic carbocycles. The van der Waals surface area contributed by atoms with Gasteiger partial charge in [-0.2, -0.15) is 5.10 Å². The third-order valence-electron chi connectivity index (χ3n) is 5.28. The van der Waals surface area contributed by atoms with E-state index in [1.807, 2.05) is 78.9 Å². The van der Waals surface area contributed by atoms with Gasteiger partial charge in [-0.3, -0.25) is 4.79 Å². The van der Waals surface area contributed by atoms with Gasteiger partial charge in [-0.05, 0) is 59.7 Å². The van der Waals surface area contributed by atoms with Crippen LogP contribution < -0.4 is 24.4 Å². The number of para-hydroxylation sites is 1. The van der Waals surface area contributed by atoms with Crippen LogP contribution in [0.5, 0.6) is 23.0 Å². The van der Waals surface area contributed by atoms with E-state index in [9.17, 15) is 4.79 Å². The van der Waals surface area contributed by atoms with Crippen molar-refractivity contribution in [2.24, 2.45) is 5.10 Å². The fourth-order valence-electron chi connectivity index (χ4n) is 3.37. The molecule has 0 radical (unpaired) electrons. The first-order valence-corrected chi connectivity index (χ1v) is 11.8. The van der Waals surface area contributed by atoms with Crippen molar-refractivity contribution in [3.8, 4) is 23.0 Å². The summed E-state index contributed by atoms with van der Waals surface area (Å²) in [6.45, 7) is 0.685. The Hall–Kier alpha value is -4.78. The number of ether oxygens (including phenoxy) is 4. The minimum absolute atomic E-state index is 0.171. The Labute approximate surface area is 216 Å². The molecule has 188 valence electrons. The molecule has 4 aromatic carbocycles. The number of carbonyl (C=O) groups excluding carboxylic acids is 1. The summed E-state index contributed by atoms with van der Waals surface area (Å²) in [5.74, 6) is 2.32. The molecule has 0 aromatic heterocycles. The maximum absolute atomic E-state index is 12.2. The van der Waals surface area contributed by atoms with E-state index in [4.69, 9.17) is 18.9 Å². The van der Waals surface area contributed by atoms with Gasteiger partial charge in [0.2, 0.25) is 0 Å². The molecule has 37 heavy (non-hydrogen) atoms. The predicted molar refractivity (Wildman–Crippen MR) is 142 cm³/mol. The van der Waals surface area contributed by atoms with Crippen LogP contribution in [0.15, 0.2) is 108 Å². The van der Waals surface area contributed by atoms with Gasteiger partial charge in [0.05, 0.1) is 13.3 Å². The average Bonchev–Trinajstić information content (AvgIpc) is 2.95. The number of rotatable bonds is 12. The molecule has 7 nitrogen and oxygen atoms in total.